The Kier molecular flexibility index (Phi) is 5.44. The van der Waals surface area contributed by atoms with Crippen molar-refractivity contribution < 1.29 is 9.53 Å². The fourth-order valence-corrected chi connectivity index (χ4v) is 4.49. The van der Waals surface area contributed by atoms with Crippen LogP contribution in [0.2, 0.25) is 0 Å². The summed E-state index contributed by atoms with van der Waals surface area (Å²) >= 11 is 0. The lowest BCUT2D eigenvalue weighted by Gasteiger charge is -2.36. The highest BCUT2D eigenvalue weighted by Gasteiger charge is 2.29. The SMILES string of the molecule is COC(=O)c1cc(C2CC2)cnc1N1CCC(NC2CCCCC2)CC1. The maximum atomic E-state index is 12.3. The zero-order valence-corrected chi connectivity index (χ0v) is 15.9. The molecule has 0 spiro atoms. The van der Waals surface area contributed by atoms with Crippen LogP contribution in [0.25, 0.3) is 0 Å². The van der Waals surface area contributed by atoms with E-state index in [9.17, 15) is 4.79 Å². The number of anilines is 1. The molecule has 1 saturated heterocycles. The summed E-state index contributed by atoms with van der Waals surface area (Å²) in [6.07, 6.45) is 13.4. The van der Waals surface area contributed by atoms with Crippen LogP contribution in [0.5, 0.6) is 0 Å². The molecule has 2 saturated carbocycles. The third kappa shape index (κ3) is 4.03. The Morgan fingerprint density at radius 3 is 2.42 bits per heavy atom. The number of hydrogen-bond acceptors (Lipinski definition) is 5. The number of piperidine rings is 1. The summed E-state index contributed by atoms with van der Waals surface area (Å²) in [4.78, 5) is 19.2. The summed E-state index contributed by atoms with van der Waals surface area (Å²) in [5, 5.41) is 3.87. The Morgan fingerprint density at radius 2 is 1.77 bits per heavy atom. The van der Waals surface area contributed by atoms with Crippen LogP contribution >= 0.6 is 0 Å². The molecule has 0 amide bonds. The van der Waals surface area contributed by atoms with Gasteiger partial charge in [0.25, 0.3) is 0 Å². The van der Waals surface area contributed by atoms with Gasteiger partial charge in [0.1, 0.15) is 11.4 Å². The average Bonchev–Trinajstić information content (AvgIpc) is 3.54. The number of methoxy groups -OCH3 is 1. The summed E-state index contributed by atoms with van der Waals surface area (Å²) in [5.41, 5.74) is 1.82. The molecule has 26 heavy (non-hydrogen) atoms. The Morgan fingerprint density at radius 1 is 1.08 bits per heavy atom. The second-order valence-electron chi connectivity index (χ2n) is 8.17. The van der Waals surface area contributed by atoms with E-state index in [0.29, 0.717) is 23.6 Å². The molecule has 2 heterocycles. The number of carbonyl (C=O) groups is 1. The van der Waals surface area contributed by atoms with E-state index in [1.54, 1.807) is 0 Å². The Hall–Kier alpha value is -1.62. The highest BCUT2D eigenvalue weighted by atomic mass is 16.5. The van der Waals surface area contributed by atoms with Crippen molar-refractivity contribution in [2.24, 2.45) is 0 Å². The topological polar surface area (TPSA) is 54.5 Å². The number of carbonyl (C=O) groups excluding carboxylic acids is 1. The molecule has 2 aliphatic carbocycles. The minimum Gasteiger partial charge on any atom is -0.465 e. The van der Waals surface area contributed by atoms with Crippen LogP contribution in [0.15, 0.2) is 12.3 Å². The minimum absolute atomic E-state index is 0.266. The number of pyridine rings is 1. The van der Waals surface area contributed by atoms with Crippen molar-refractivity contribution in [1.29, 1.82) is 0 Å². The highest BCUT2D eigenvalue weighted by molar-refractivity contribution is 5.95. The summed E-state index contributed by atoms with van der Waals surface area (Å²) in [6, 6.07) is 3.32. The van der Waals surface area contributed by atoms with Gasteiger partial charge in [0.05, 0.1) is 7.11 Å². The lowest BCUT2D eigenvalue weighted by atomic mass is 9.93. The van der Waals surface area contributed by atoms with Crippen molar-refractivity contribution in [2.45, 2.75) is 75.8 Å². The number of hydrogen-bond donors (Lipinski definition) is 1. The van der Waals surface area contributed by atoms with E-state index in [1.807, 2.05) is 12.3 Å². The second kappa shape index (κ2) is 7.95. The molecule has 0 aromatic carbocycles. The van der Waals surface area contributed by atoms with E-state index >= 15 is 0 Å². The van der Waals surface area contributed by atoms with Gasteiger partial charge in [-0.2, -0.15) is 0 Å². The first-order valence-electron chi connectivity index (χ1n) is 10.3. The second-order valence-corrected chi connectivity index (χ2v) is 8.17. The first kappa shape index (κ1) is 17.8. The number of rotatable bonds is 5. The molecule has 0 unspecified atom stereocenters. The predicted octanol–water partition coefficient (Wildman–Crippen LogP) is 3.64. The quantitative estimate of drug-likeness (QED) is 0.816. The number of nitrogens with zero attached hydrogens (tertiary/aromatic N) is 2. The van der Waals surface area contributed by atoms with Gasteiger partial charge >= 0.3 is 5.97 Å². The average molecular weight is 357 g/mol. The zero-order chi connectivity index (χ0) is 17.9. The van der Waals surface area contributed by atoms with Crippen LogP contribution in [0.1, 0.15) is 79.6 Å². The summed E-state index contributed by atoms with van der Waals surface area (Å²) in [6.45, 7) is 1.90. The molecule has 1 aromatic heterocycles. The van der Waals surface area contributed by atoms with Crippen molar-refractivity contribution in [3.8, 4) is 0 Å². The molecular weight excluding hydrogens is 326 g/mol. The van der Waals surface area contributed by atoms with Crippen LogP contribution in [0, 0.1) is 0 Å². The van der Waals surface area contributed by atoms with Crippen molar-refractivity contribution in [3.63, 3.8) is 0 Å². The summed E-state index contributed by atoms with van der Waals surface area (Å²) in [7, 11) is 1.45. The highest BCUT2D eigenvalue weighted by Crippen LogP contribution is 2.41. The molecule has 1 N–H and O–H groups in total. The van der Waals surface area contributed by atoms with Crippen molar-refractivity contribution in [2.75, 3.05) is 25.1 Å². The first-order valence-corrected chi connectivity index (χ1v) is 10.3. The van der Waals surface area contributed by atoms with E-state index in [1.165, 1.54) is 57.6 Å². The molecule has 1 aromatic rings. The predicted molar refractivity (Wildman–Crippen MR) is 103 cm³/mol. The lowest BCUT2D eigenvalue weighted by Crippen LogP contribution is -2.47. The fourth-order valence-electron chi connectivity index (χ4n) is 4.49. The van der Waals surface area contributed by atoms with E-state index in [2.05, 4.69) is 15.2 Å². The lowest BCUT2D eigenvalue weighted by molar-refractivity contribution is 0.0601. The van der Waals surface area contributed by atoms with Crippen molar-refractivity contribution >= 4 is 11.8 Å². The number of aromatic nitrogens is 1. The first-order chi connectivity index (χ1) is 12.7. The Labute approximate surface area is 156 Å². The van der Waals surface area contributed by atoms with E-state index in [0.717, 1.165) is 31.7 Å². The van der Waals surface area contributed by atoms with Gasteiger partial charge in [-0.05, 0) is 56.1 Å². The smallest absolute Gasteiger partial charge is 0.341 e. The normalized spacial score (nSPS) is 22.4. The number of nitrogens with one attached hydrogen (secondary N) is 1. The van der Waals surface area contributed by atoms with Gasteiger partial charge in [-0.3, -0.25) is 0 Å². The van der Waals surface area contributed by atoms with E-state index in [4.69, 9.17) is 4.74 Å². The molecule has 142 valence electrons. The molecule has 5 nitrogen and oxygen atoms in total. The molecule has 3 aliphatic rings. The van der Waals surface area contributed by atoms with Gasteiger partial charge in [-0.15, -0.1) is 0 Å². The maximum absolute atomic E-state index is 12.3. The number of esters is 1. The number of ether oxygens (including phenoxy) is 1. The van der Waals surface area contributed by atoms with Gasteiger partial charge in [0, 0.05) is 31.4 Å². The molecule has 4 rings (SSSR count). The molecule has 5 heteroatoms. The summed E-state index contributed by atoms with van der Waals surface area (Å²) < 4.78 is 5.03. The zero-order valence-electron chi connectivity index (χ0n) is 15.9. The monoisotopic (exact) mass is 357 g/mol. The van der Waals surface area contributed by atoms with Crippen molar-refractivity contribution in [3.05, 3.63) is 23.4 Å². The molecule has 0 radical (unpaired) electrons. The maximum Gasteiger partial charge on any atom is 0.341 e. The molecule has 1 aliphatic heterocycles. The van der Waals surface area contributed by atoms with Gasteiger partial charge in [0.2, 0.25) is 0 Å². The molecule has 3 fully saturated rings. The van der Waals surface area contributed by atoms with Crippen LogP contribution in [-0.4, -0.2) is 43.2 Å². The largest absolute Gasteiger partial charge is 0.465 e. The minimum atomic E-state index is -0.266. The van der Waals surface area contributed by atoms with Gasteiger partial charge in [-0.25, -0.2) is 9.78 Å². The molecule has 0 atom stereocenters. The van der Waals surface area contributed by atoms with Gasteiger partial charge in [-0.1, -0.05) is 19.3 Å². The summed E-state index contributed by atoms with van der Waals surface area (Å²) in [5.74, 6) is 1.13. The van der Waals surface area contributed by atoms with Crippen LogP contribution < -0.4 is 10.2 Å². The molecule has 0 bridgehead atoms. The third-order valence-corrected chi connectivity index (χ3v) is 6.21. The third-order valence-electron chi connectivity index (χ3n) is 6.21. The van der Waals surface area contributed by atoms with Crippen molar-refractivity contribution in [1.82, 2.24) is 10.3 Å². The standard InChI is InChI=1S/C21H31N3O2/c1-26-21(25)19-13-16(15-7-8-15)14-22-20(19)24-11-9-18(10-12-24)23-17-5-3-2-4-6-17/h13-15,17-18,23H,2-12H2,1H3. The van der Waals surface area contributed by atoms with Gasteiger partial charge in [0.15, 0.2) is 0 Å². The Bertz CT molecular complexity index is 630. The van der Waals surface area contributed by atoms with Gasteiger partial charge < -0.3 is 15.0 Å². The Balaban J connectivity index is 1.41. The van der Waals surface area contributed by atoms with E-state index in [-0.39, 0.29) is 5.97 Å². The van der Waals surface area contributed by atoms with Crippen LogP contribution in [0.3, 0.4) is 0 Å². The van der Waals surface area contributed by atoms with Crippen LogP contribution in [0.4, 0.5) is 5.82 Å². The van der Waals surface area contributed by atoms with E-state index < -0.39 is 0 Å². The fraction of sp³-hybridized carbons (Fsp3) is 0.714. The molecular formula is C21H31N3O2. The van der Waals surface area contributed by atoms with Crippen LogP contribution in [-0.2, 0) is 4.74 Å².